The molecule has 1 aromatic carbocycles. The van der Waals surface area contributed by atoms with Crippen LogP contribution in [0.15, 0.2) is 30.3 Å². The fourth-order valence-corrected chi connectivity index (χ4v) is 4.28. The van der Waals surface area contributed by atoms with Crippen molar-refractivity contribution >= 4 is 23.5 Å². The number of hydrogen-bond donors (Lipinski definition) is 2. The fraction of sp³-hybridized carbons (Fsp3) is 0.455. The number of rotatable bonds is 7. The molecule has 1 aromatic heterocycles. The molecule has 1 fully saturated rings. The first kappa shape index (κ1) is 19.4. The molecule has 1 aliphatic heterocycles. The normalized spacial score (nSPS) is 16.9. The van der Waals surface area contributed by atoms with E-state index in [4.69, 9.17) is 0 Å². The number of nitrogens with one attached hydrogen (secondary N) is 2. The van der Waals surface area contributed by atoms with Crippen LogP contribution >= 0.6 is 0 Å². The molecule has 2 aliphatic rings. The Hall–Kier alpha value is -2.96. The zero-order valence-electron chi connectivity index (χ0n) is 16.4. The van der Waals surface area contributed by atoms with E-state index >= 15 is 0 Å². The van der Waals surface area contributed by atoms with Gasteiger partial charge >= 0.3 is 0 Å². The van der Waals surface area contributed by atoms with Crippen molar-refractivity contribution < 1.29 is 14.4 Å². The maximum Gasteiger partial charge on any atom is 0.261 e. The summed E-state index contributed by atoms with van der Waals surface area (Å²) < 4.78 is 0. The second kappa shape index (κ2) is 8.59. The van der Waals surface area contributed by atoms with Gasteiger partial charge < -0.3 is 5.32 Å². The van der Waals surface area contributed by atoms with Crippen LogP contribution < -0.4 is 5.32 Å². The standard InChI is InChI=1S/C22H26N4O3/c27-20(23-19-14-16(24-25-19)13-15-7-2-1-3-8-15)11-6-12-26-21(28)17-9-4-5-10-18(17)22(26)29/h4-5,9-10,14-15H,1-3,6-8,11-13H2,(H2,23,24,25,27). The lowest BCUT2D eigenvalue weighted by atomic mass is 9.86. The van der Waals surface area contributed by atoms with E-state index in [9.17, 15) is 14.4 Å². The monoisotopic (exact) mass is 394 g/mol. The smallest absolute Gasteiger partial charge is 0.261 e. The number of hydrogen-bond acceptors (Lipinski definition) is 4. The molecule has 0 saturated heterocycles. The van der Waals surface area contributed by atoms with Gasteiger partial charge in [0.1, 0.15) is 0 Å². The molecule has 2 N–H and O–H groups in total. The van der Waals surface area contributed by atoms with E-state index < -0.39 is 0 Å². The van der Waals surface area contributed by atoms with Crippen LogP contribution in [0.5, 0.6) is 0 Å². The molecule has 152 valence electrons. The second-order valence-electron chi connectivity index (χ2n) is 7.95. The Balaban J connectivity index is 1.23. The van der Waals surface area contributed by atoms with Gasteiger partial charge in [0, 0.05) is 24.7 Å². The molecule has 1 aliphatic carbocycles. The SMILES string of the molecule is O=C(CCCN1C(=O)c2ccccc2C1=O)Nc1cc(CC2CCCCC2)[nH]n1. The highest BCUT2D eigenvalue weighted by molar-refractivity contribution is 6.21. The van der Waals surface area contributed by atoms with E-state index in [0.717, 1.165) is 12.1 Å². The van der Waals surface area contributed by atoms with Gasteiger partial charge in [-0.15, -0.1) is 0 Å². The molecule has 2 heterocycles. The number of aromatic amines is 1. The lowest BCUT2D eigenvalue weighted by Crippen LogP contribution is -2.31. The molecule has 0 spiro atoms. The molecular weight excluding hydrogens is 368 g/mol. The summed E-state index contributed by atoms with van der Waals surface area (Å²) in [6.45, 7) is 0.229. The number of carbonyl (C=O) groups excluding carboxylic acids is 3. The number of carbonyl (C=O) groups is 3. The van der Waals surface area contributed by atoms with Gasteiger partial charge in [-0.2, -0.15) is 5.10 Å². The molecule has 3 amide bonds. The predicted molar refractivity (Wildman–Crippen MR) is 109 cm³/mol. The molecular formula is C22H26N4O3. The molecule has 7 nitrogen and oxygen atoms in total. The number of nitrogens with zero attached hydrogens (tertiary/aromatic N) is 2. The van der Waals surface area contributed by atoms with E-state index in [2.05, 4.69) is 15.5 Å². The quantitative estimate of drug-likeness (QED) is 0.702. The number of anilines is 1. The molecule has 2 aromatic rings. The van der Waals surface area contributed by atoms with E-state index in [1.54, 1.807) is 24.3 Å². The Morgan fingerprint density at radius 1 is 1.10 bits per heavy atom. The summed E-state index contributed by atoms with van der Waals surface area (Å²) >= 11 is 0. The number of benzene rings is 1. The highest BCUT2D eigenvalue weighted by Gasteiger charge is 2.34. The summed E-state index contributed by atoms with van der Waals surface area (Å²) in [6.07, 6.45) is 8.07. The van der Waals surface area contributed by atoms with Crippen molar-refractivity contribution in [2.45, 2.75) is 51.4 Å². The van der Waals surface area contributed by atoms with Crippen LogP contribution in [0.3, 0.4) is 0 Å². The Kier molecular flexibility index (Phi) is 5.74. The van der Waals surface area contributed by atoms with Crippen molar-refractivity contribution in [2.24, 2.45) is 5.92 Å². The van der Waals surface area contributed by atoms with Crippen LogP contribution in [0.1, 0.15) is 71.4 Å². The first-order valence-electron chi connectivity index (χ1n) is 10.4. The van der Waals surface area contributed by atoms with Gasteiger partial charge in [0.25, 0.3) is 11.8 Å². The summed E-state index contributed by atoms with van der Waals surface area (Å²) in [5.41, 5.74) is 1.92. The molecule has 7 heteroatoms. The second-order valence-corrected chi connectivity index (χ2v) is 7.95. The Bertz CT molecular complexity index is 879. The summed E-state index contributed by atoms with van der Waals surface area (Å²) in [6, 6.07) is 8.70. The third-order valence-corrected chi connectivity index (χ3v) is 5.80. The lowest BCUT2D eigenvalue weighted by molar-refractivity contribution is -0.116. The number of aromatic nitrogens is 2. The molecule has 1 saturated carbocycles. The van der Waals surface area contributed by atoms with Crippen LogP contribution in [0.25, 0.3) is 0 Å². The van der Waals surface area contributed by atoms with Crippen LogP contribution in [0.4, 0.5) is 5.82 Å². The maximum absolute atomic E-state index is 12.3. The minimum atomic E-state index is -0.286. The third-order valence-electron chi connectivity index (χ3n) is 5.80. The number of fused-ring (bicyclic) bond motifs is 1. The molecule has 0 bridgehead atoms. The zero-order chi connectivity index (χ0) is 20.2. The zero-order valence-corrected chi connectivity index (χ0v) is 16.4. The third kappa shape index (κ3) is 4.39. The Morgan fingerprint density at radius 2 is 1.79 bits per heavy atom. The van der Waals surface area contributed by atoms with Gasteiger partial charge in [-0.1, -0.05) is 44.2 Å². The number of imide groups is 1. The van der Waals surface area contributed by atoms with Crippen LogP contribution in [0.2, 0.25) is 0 Å². The maximum atomic E-state index is 12.3. The van der Waals surface area contributed by atoms with Gasteiger partial charge in [0.2, 0.25) is 5.91 Å². The first-order valence-corrected chi connectivity index (χ1v) is 10.4. The predicted octanol–water partition coefficient (Wildman–Crippen LogP) is 3.55. The molecule has 0 unspecified atom stereocenters. The van der Waals surface area contributed by atoms with Crippen molar-refractivity contribution in [3.05, 3.63) is 47.2 Å². The fourth-order valence-electron chi connectivity index (χ4n) is 4.28. The molecule has 0 atom stereocenters. The molecule has 0 radical (unpaired) electrons. The van der Waals surface area contributed by atoms with Gasteiger partial charge in [-0.05, 0) is 30.9 Å². The van der Waals surface area contributed by atoms with Crippen LogP contribution in [0, 0.1) is 5.92 Å². The van der Waals surface area contributed by atoms with Gasteiger partial charge in [0.05, 0.1) is 11.1 Å². The highest BCUT2D eigenvalue weighted by Crippen LogP contribution is 2.27. The van der Waals surface area contributed by atoms with E-state index in [-0.39, 0.29) is 30.7 Å². The van der Waals surface area contributed by atoms with Crippen LogP contribution in [-0.4, -0.2) is 39.4 Å². The van der Waals surface area contributed by atoms with Gasteiger partial charge in [-0.25, -0.2) is 0 Å². The van der Waals surface area contributed by atoms with E-state index in [0.29, 0.717) is 29.3 Å². The topological polar surface area (TPSA) is 95.2 Å². The van der Waals surface area contributed by atoms with Gasteiger partial charge in [0.15, 0.2) is 5.82 Å². The lowest BCUT2D eigenvalue weighted by Gasteiger charge is -2.20. The summed E-state index contributed by atoms with van der Waals surface area (Å²) in [7, 11) is 0. The number of H-pyrrole nitrogens is 1. The summed E-state index contributed by atoms with van der Waals surface area (Å²) in [5, 5.41) is 10.00. The van der Waals surface area contributed by atoms with Gasteiger partial charge in [-0.3, -0.25) is 24.4 Å². The largest absolute Gasteiger partial charge is 0.309 e. The first-order chi connectivity index (χ1) is 14.1. The minimum absolute atomic E-state index is 0.169. The summed E-state index contributed by atoms with van der Waals surface area (Å²) in [5.74, 6) is 0.489. The van der Waals surface area contributed by atoms with Crippen molar-refractivity contribution in [1.82, 2.24) is 15.1 Å². The average molecular weight is 394 g/mol. The van der Waals surface area contributed by atoms with Crippen LogP contribution in [-0.2, 0) is 11.2 Å². The molecule has 4 rings (SSSR count). The van der Waals surface area contributed by atoms with Crippen molar-refractivity contribution in [2.75, 3.05) is 11.9 Å². The Labute approximate surface area is 169 Å². The molecule has 29 heavy (non-hydrogen) atoms. The minimum Gasteiger partial charge on any atom is -0.309 e. The average Bonchev–Trinajstić information content (AvgIpc) is 3.26. The summed E-state index contributed by atoms with van der Waals surface area (Å²) in [4.78, 5) is 38.1. The van der Waals surface area contributed by atoms with E-state index in [1.807, 2.05) is 6.07 Å². The van der Waals surface area contributed by atoms with E-state index in [1.165, 1.54) is 37.0 Å². The Morgan fingerprint density at radius 3 is 2.48 bits per heavy atom. The highest BCUT2D eigenvalue weighted by atomic mass is 16.2. The van der Waals surface area contributed by atoms with Crippen molar-refractivity contribution in [1.29, 1.82) is 0 Å². The van der Waals surface area contributed by atoms with Crippen molar-refractivity contribution in [3.8, 4) is 0 Å². The van der Waals surface area contributed by atoms with Crippen molar-refractivity contribution in [3.63, 3.8) is 0 Å². The number of amides is 3.